The van der Waals surface area contributed by atoms with Crippen LogP contribution in [0.15, 0.2) is 0 Å². The van der Waals surface area contributed by atoms with Crippen LogP contribution in [0.4, 0.5) is 9.59 Å². The highest BCUT2D eigenvalue weighted by molar-refractivity contribution is 6.09. The molecule has 0 radical (unpaired) electrons. The number of amides is 6. The number of nitrogens with zero attached hydrogens (tertiary/aromatic N) is 1. The van der Waals surface area contributed by atoms with Gasteiger partial charge < -0.3 is 15.4 Å². The molecule has 1 saturated carbocycles. The lowest BCUT2D eigenvalue weighted by atomic mass is 9.96. The molecule has 0 aromatic carbocycles. The van der Waals surface area contributed by atoms with Crippen molar-refractivity contribution in [2.75, 3.05) is 13.2 Å². The average Bonchev–Trinajstić information content (AvgIpc) is 3.29. The van der Waals surface area contributed by atoms with E-state index in [9.17, 15) is 24.0 Å². The summed E-state index contributed by atoms with van der Waals surface area (Å²) in [6.07, 6.45) is 1.69. The van der Waals surface area contributed by atoms with Crippen molar-refractivity contribution in [1.82, 2.24) is 20.9 Å². The number of urea groups is 2. The van der Waals surface area contributed by atoms with Crippen molar-refractivity contribution in [3.8, 4) is 0 Å². The zero-order valence-corrected chi connectivity index (χ0v) is 15.3. The van der Waals surface area contributed by atoms with Gasteiger partial charge in [-0.3, -0.25) is 24.6 Å². The second kappa shape index (κ2) is 6.93. The van der Waals surface area contributed by atoms with Crippen LogP contribution in [-0.2, 0) is 19.1 Å². The van der Waals surface area contributed by atoms with E-state index in [0.717, 1.165) is 17.7 Å². The maximum atomic E-state index is 12.4. The summed E-state index contributed by atoms with van der Waals surface area (Å²) in [5, 5.41) is 7.14. The van der Waals surface area contributed by atoms with Crippen molar-refractivity contribution in [2.45, 2.75) is 51.6 Å². The van der Waals surface area contributed by atoms with Crippen LogP contribution >= 0.6 is 0 Å². The number of rotatable bonds is 5. The molecule has 10 heteroatoms. The topological polar surface area (TPSA) is 134 Å². The number of imide groups is 2. The molecule has 1 heterocycles. The summed E-state index contributed by atoms with van der Waals surface area (Å²) >= 11 is 0. The van der Waals surface area contributed by atoms with E-state index in [1.165, 1.54) is 0 Å². The van der Waals surface area contributed by atoms with E-state index in [1.807, 2.05) is 5.32 Å². The molecule has 1 aliphatic heterocycles. The summed E-state index contributed by atoms with van der Waals surface area (Å²) in [6, 6.07) is -1.37. The molecule has 2 rings (SSSR count). The highest BCUT2D eigenvalue weighted by Crippen LogP contribution is 2.42. The summed E-state index contributed by atoms with van der Waals surface area (Å²) in [4.78, 5) is 60.1. The maximum Gasteiger partial charge on any atom is 0.326 e. The van der Waals surface area contributed by atoms with Gasteiger partial charge in [-0.05, 0) is 46.5 Å². The largest absolute Gasteiger partial charge is 0.454 e. The van der Waals surface area contributed by atoms with Crippen molar-refractivity contribution in [1.29, 1.82) is 0 Å². The zero-order chi connectivity index (χ0) is 19.7. The number of ether oxygens (including phenoxy) is 1. The third kappa shape index (κ3) is 4.70. The highest BCUT2D eigenvalue weighted by Gasteiger charge is 2.56. The standard InChI is InChI=1S/C16H24N4O6/c1-15(2,3)18-13(24)17-10(21)8-26-11(22)7-20-12(23)16(4,9-5-6-9)19-14(20)25/h9H,5-8H2,1-4H3,(H,19,25)(H2,17,18,21,24). The number of esters is 1. The number of carbonyl (C=O) groups is 5. The van der Waals surface area contributed by atoms with Gasteiger partial charge in [-0.15, -0.1) is 0 Å². The number of carbonyl (C=O) groups excluding carboxylic acids is 5. The monoisotopic (exact) mass is 368 g/mol. The van der Waals surface area contributed by atoms with E-state index in [0.29, 0.717) is 0 Å². The molecule has 1 saturated heterocycles. The molecule has 144 valence electrons. The van der Waals surface area contributed by atoms with Gasteiger partial charge in [0.25, 0.3) is 11.8 Å². The minimum atomic E-state index is -0.986. The Bertz CT molecular complexity index is 652. The molecule has 1 atom stereocenters. The molecule has 0 aromatic heterocycles. The summed E-state index contributed by atoms with van der Waals surface area (Å²) in [5.74, 6) is -2.14. The molecule has 10 nitrogen and oxygen atoms in total. The minimum Gasteiger partial charge on any atom is -0.454 e. The van der Waals surface area contributed by atoms with Crippen LogP contribution in [0.2, 0.25) is 0 Å². The van der Waals surface area contributed by atoms with E-state index in [1.54, 1.807) is 27.7 Å². The fourth-order valence-corrected chi connectivity index (χ4v) is 2.65. The van der Waals surface area contributed by atoms with Crippen LogP contribution in [0.25, 0.3) is 0 Å². The Morgan fingerprint density at radius 3 is 2.42 bits per heavy atom. The van der Waals surface area contributed by atoms with Gasteiger partial charge in [0.05, 0.1) is 0 Å². The van der Waals surface area contributed by atoms with Gasteiger partial charge in [0.1, 0.15) is 12.1 Å². The Kier molecular flexibility index (Phi) is 5.24. The van der Waals surface area contributed by atoms with E-state index >= 15 is 0 Å². The van der Waals surface area contributed by atoms with Crippen LogP contribution in [0, 0.1) is 5.92 Å². The Balaban J connectivity index is 1.78. The molecule has 0 spiro atoms. The van der Waals surface area contributed by atoms with Crippen molar-refractivity contribution >= 4 is 29.8 Å². The van der Waals surface area contributed by atoms with Gasteiger partial charge in [-0.2, -0.15) is 0 Å². The molecule has 3 N–H and O–H groups in total. The molecule has 2 fully saturated rings. The van der Waals surface area contributed by atoms with Crippen LogP contribution < -0.4 is 16.0 Å². The molecule has 0 aromatic rings. The van der Waals surface area contributed by atoms with Gasteiger partial charge >= 0.3 is 18.0 Å². The lowest BCUT2D eigenvalue weighted by Crippen LogP contribution is -2.49. The first-order valence-corrected chi connectivity index (χ1v) is 8.34. The Morgan fingerprint density at radius 2 is 1.88 bits per heavy atom. The number of hydrogen-bond acceptors (Lipinski definition) is 6. The van der Waals surface area contributed by atoms with Gasteiger partial charge in [0.2, 0.25) is 0 Å². The van der Waals surface area contributed by atoms with E-state index in [2.05, 4.69) is 10.6 Å². The normalized spacial score (nSPS) is 22.7. The third-order valence-electron chi connectivity index (χ3n) is 4.09. The van der Waals surface area contributed by atoms with Gasteiger partial charge in [-0.25, -0.2) is 9.59 Å². The fourth-order valence-electron chi connectivity index (χ4n) is 2.65. The predicted molar refractivity (Wildman–Crippen MR) is 88.8 cm³/mol. The third-order valence-corrected chi connectivity index (χ3v) is 4.09. The summed E-state index contributed by atoms with van der Waals surface area (Å²) in [7, 11) is 0. The second-order valence-corrected chi connectivity index (χ2v) is 7.71. The lowest BCUT2D eigenvalue weighted by molar-refractivity contribution is -0.150. The second-order valence-electron chi connectivity index (χ2n) is 7.71. The van der Waals surface area contributed by atoms with Gasteiger partial charge in [0, 0.05) is 5.54 Å². The lowest BCUT2D eigenvalue weighted by Gasteiger charge is -2.21. The Morgan fingerprint density at radius 1 is 1.27 bits per heavy atom. The number of nitrogens with one attached hydrogen (secondary N) is 3. The first-order chi connectivity index (χ1) is 11.9. The SMILES string of the molecule is CC(C)(C)NC(=O)NC(=O)COC(=O)CN1C(=O)NC(C)(C2CC2)C1=O. The minimum absolute atomic E-state index is 0.0760. The first-order valence-electron chi connectivity index (χ1n) is 8.34. The fraction of sp³-hybridized carbons (Fsp3) is 0.688. The van der Waals surface area contributed by atoms with Crippen LogP contribution in [-0.4, -0.2) is 59.0 Å². The van der Waals surface area contributed by atoms with E-state index in [-0.39, 0.29) is 5.92 Å². The first kappa shape index (κ1) is 19.7. The quantitative estimate of drug-likeness (QED) is 0.457. The Hall–Kier alpha value is -2.65. The molecule has 2 aliphatic rings. The van der Waals surface area contributed by atoms with Crippen LogP contribution in [0.1, 0.15) is 40.5 Å². The zero-order valence-electron chi connectivity index (χ0n) is 15.3. The predicted octanol–water partition coefficient (Wildman–Crippen LogP) is -0.126. The average molecular weight is 368 g/mol. The van der Waals surface area contributed by atoms with Gasteiger partial charge in [0.15, 0.2) is 6.61 Å². The molecule has 6 amide bonds. The maximum absolute atomic E-state index is 12.4. The summed E-state index contributed by atoms with van der Waals surface area (Å²) in [6.45, 7) is 5.58. The molecule has 1 aliphatic carbocycles. The number of hydrogen-bond donors (Lipinski definition) is 3. The van der Waals surface area contributed by atoms with Gasteiger partial charge in [-0.1, -0.05) is 0 Å². The smallest absolute Gasteiger partial charge is 0.326 e. The molecule has 26 heavy (non-hydrogen) atoms. The van der Waals surface area contributed by atoms with Crippen molar-refractivity contribution in [3.63, 3.8) is 0 Å². The highest BCUT2D eigenvalue weighted by atomic mass is 16.5. The van der Waals surface area contributed by atoms with E-state index < -0.39 is 54.1 Å². The van der Waals surface area contributed by atoms with Crippen LogP contribution in [0.3, 0.4) is 0 Å². The molecule has 1 unspecified atom stereocenters. The van der Waals surface area contributed by atoms with Crippen LogP contribution in [0.5, 0.6) is 0 Å². The summed E-state index contributed by atoms with van der Waals surface area (Å²) < 4.78 is 4.73. The van der Waals surface area contributed by atoms with Crippen molar-refractivity contribution in [3.05, 3.63) is 0 Å². The van der Waals surface area contributed by atoms with Crippen molar-refractivity contribution in [2.24, 2.45) is 5.92 Å². The molecular weight excluding hydrogens is 344 g/mol. The van der Waals surface area contributed by atoms with Crippen molar-refractivity contribution < 1.29 is 28.7 Å². The molecular formula is C16H24N4O6. The Labute approximate surface area is 151 Å². The van der Waals surface area contributed by atoms with E-state index in [4.69, 9.17) is 4.74 Å². The molecule has 0 bridgehead atoms. The summed E-state index contributed by atoms with van der Waals surface area (Å²) in [5.41, 5.74) is -1.52.